The van der Waals surface area contributed by atoms with Gasteiger partial charge in [0.25, 0.3) is 0 Å². The van der Waals surface area contributed by atoms with Crippen LogP contribution in [0.15, 0.2) is 67.0 Å². The third-order valence-corrected chi connectivity index (χ3v) is 5.45. The van der Waals surface area contributed by atoms with Crippen molar-refractivity contribution in [2.45, 2.75) is 19.5 Å². The number of amides is 1. The van der Waals surface area contributed by atoms with Gasteiger partial charge in [0, 0.05) is 31.5 Å². The molecule has 0 N–H and O–H groups in total. The Morgan fingerprint density at radius 1 is 1.06 bits per heavy atom. The van der Waals surface area contributed by atoms with Gasteiger partial charge in [0.05, 0.1) is 18.8 Å². The number of hydrogen-bond donors (Lipinski definition) is 0. The Morgan fingerprint density at radius 2 is 1.81 bits per heavy atom. The molecule has 0 saturated carbocycles. The third kappa shape index (κ3) is 5.16. The molecule has 0 fully saturated rings. The van der Waals surface area contributed by atoms with Gasteiger partial charge in [-0.2, -0.15) is 0 Å². The molecule has 1 amide bonds. The average Bonchev–Trinajstić information content (AvgIpc) is 2.82. The lowest BCUT2D eigenvalue weighted by atomic mass is 10.0. The number of anilines is 1. The molecule has 6 heteroatoms. The number of methoxy groups -OCH3 is 1. The maximum absolute atomic E-state index is 13.2. The molecule has 1 unspecified atom stereocenters. The van der Waals surface area contributed by atoms with Crippen LogP contribution in [-0.4, -0.2) is 49.3 Å². The normalized spacial score (nSPS) is 11.8. The van der Waals surface area contributed by atoms with Crippen molar-refractivity contribution in [3.05, 3.63) is 78.1 Å². The number of nitrogens with zero attached hydrogens (tertiary/aromatic N) is 3. The third-order valence-electron chi connectivity index (χ3n) is 5.45. The summed E-state index contributed by atoms with van der Waals surface area (Å²) < 4.78 is 5.28. The van der Waals surface area contributed by atoms with E-state index in [-0.39, 0.29) is 11.9 Å². The van der Waals surface area contributed by atoms with Gasteiger partial charge in [-0.25, -0.2) is 0 Å². The van der Waals surface area contributed by atoms with Crippen molar-refractivity contribution < 1.29 is 14.3 Å². The first-order valence-electron chi connectivity index (χ1n) is 10.0. The predicted octanol–water partition coefficient (Wildman–Crippen LogP) is 4.05. The highest BCUT2D eigenvalue weighted by Gasteiger charge is 2.24. The number of benzene rings is 2. The summed E-state index contributed by atoms with van der Waals surface area (Å²) in [4.78, 5) is 32.5. The standard InChI is InChI=1S/C25H27N3O3/c1-18(27(2)16-19-6-5-7-23(14-19)31-4)25(30)28(3)24-15-21(8-9-22(24)17-29)20-10-12-26-13-11-20/h5-15,17-18H,16H2,1-4H3. The van der Waals surface area contributed by atoms with Crippen LogP contribution in [0.5, 0.6) is 5.75 Å². The second-order valence-corrected chi connectivity index (χ2v) is 7.47. The zero-order valence-corrected chi connectivity index (χ0v) is 18.3. The number of carbonyl (C=O) groups is 2. The zero-order chi connectivity index (χ0) is 22.4. The van der Waals surface area contributed by atoms with Gasteiger partial charge in [0.2, 0.25) is 5.91 Å². The van der Waals surface area contributed by atoms with Crippen LogP contribution in [0.1, 0.15) is 22.8 Å². The number of pyridine rings is 1. The van der Waals surface area contributed by atoms with E-state index in [1.807, 2.05) is 67.4 Å². The van der Waals surface area contributed by atoms with Gasteiger partial charge in [0.1, 0.15) is 5.75 Å². The zero-order valence-electron chi connectivity index (χ0n) is 18.3. The minimum atomic E-state index is -0.389. The van der Waals surface area contributed by atoms with E-state index < -0.39 is 0 Å². The highest BCUT2D eigenvalue weighted by Crippen LogP contribution is 2.27. The molecule has 3 rings (SSSR count). The summed E-state index contributed by atoms with van der Waals surface area (Å²) in [6.07, 6.45) is 4.21. The molecule has 0 saturated heterocycles. The van der Waals surface area contributed by atoms with Crippen molar-refractivity contribution in [3.8, 4) is 16.9 Å². The van der Waals surface area contributed by atoms with Crippen LogP contribution in [0.4, 0.5) is 5.69 Å². The maximum Gasteiger partial charge on any atom is 0.243 e. The van der Waals surface area contributed by atoms with E-state index in [0.717, 1.165) is 28.7 Å². The number of carbonyl (C=O) groups excluding carboxylic acids is 2. The highest BCUT2D eigenvalue weighted by molar-refractivity contribution is 6.01. The minimum absolute atomic E-state index is 0.0969. The van der Waals surface area contributed by atoms with Crippen molar-refractivity contribution in [3.63, 3.8) is 0 Å². The molecule has 1 aromatic heterocycles. The molecule has 160 valence electrons. The van der Waals surface area contributed by atoms with E-state index >= 15 is 0 Å². The van der Waals surface area contributed by atoms with Crippen LogP contribution < -0.4 is 9.64 Å². The summed E-state index contributed by atoms with van der Waals surface area (Å²) in [7, 11) is 5.25. The van der Waals surface area contributed by atoms with Crippen molar-refractivity contribution in [2.24, 2.45) is 0 Å². The molecule has 0 bridgehead atoms. The van der Waals surface area contributed by atoms with Crippen LogP contribution in [0.2, 0.25) is 0 Å². The van der Waals surface area contributed by atoms with E-state index in [1.165, 1.54) is 0 Å². The summed E-state index contributed by atoms with van der Waals surface area (Å²) >= 11 is 0. The summed E-state index contributed by atoms with van der Waals surface area (Å²) in [5.41, 5.74) is 3.99. The number of likely N-dealkylation sites (N-methyl/N-ethyl adjacent to an activating group) is 2. The first kappa shape index (κ1) is 22.2. The number of ether oxygens (including phenoxy) is 1. The smallest absolute Gasteiger partial charge is 0.243 e. The molecular weight excluding hydrogens is 390 g/mol. The van der Waals surface area contributed by atoms with E-state index in [0.29, 0.717) is 17.8 Å². The maximum atomic E-state index is 13.2. The summed E-state index contributed by atoms with van der Waals surface area (Å²) in [5.74, 6) is 0.686. The summed E-state index contributed by atoms with van der Waals surface area (Å²) in [5, 5.41) is 0. The molecule has 0 aliphatic rings. The Kier molecular flexibility index (Phi) is 7.15. The van der Waals surface area contributed by atoms with Gasteiger partial charge in [-0.3, -0.25) is 19.5 Å². The van der Waals surface area contributed by atoms with Crippen LogP contribution in [0.25, 0.3) is 11.1 Å². The topological polar surface area (TPSA) is 62.7 Å². The highest BCUT2D eigenvalue weighted by atomic mass is 16.5. The number of hydrogen-bond acceptors (Lipinski definition) is 5. The van der Waals surface area contributed by atoms with Gasteiger partial charge >= 0.3 is 0 Å². The second kappa shape index (κ2) is 10.00. The molecule has 0 aliphatic heterocycles. The number of rotatable bonds is 8. The van der Waals surface area contributed by atoms with Gasteiger partial charge in [-0.15, -0.1) is 0 Å². The van der Waals surface area contributed by atoms with Crippen molar-refractivity contribution in [2.75, 3.05) is 26.1 Å². The Bertz CT molecular complexity index is 1050. The molecule has 3 aromatic rings. The fourth-order valence-corrected chi connectivity index (χ4v) is 3.44. The predicted molar refractivity (Wildman–Crippen MR) is 122 cm³/mol. The van der Waals surface area contributed by atoms with Gasteiger partial charge in [0.15, 0.2) is 6.29 Å². The summed E-state index contributed by atoms with van der Waals surface area (Å²) in [6, 6.07) is 16.7. The molecule has 31 heavy (non-hydrogen) atoms. The Morgan fingerprint density at radius 3 is 2.48 bits per heavy atom. The van der Waals surface area contributed by atoms with E-state index in [1.54, 1.807) is 37.5 Å². The SMILES string of the molecule is COc1cccc(CN(C)C(C)C(=O)N(C)c2cc(-c3ccncc3)ccc2C=O)c1. The average molecular weight is 418 g/mol. The minimum Gasteiger partial charge on any atom is -0.497 e. The van der Waals surface area contributed by atoms with Crippen LogP contribution in [-0.2, 0) is 11.3 Å². The van der Waals surface area contributed by atoms with E-state index in [4.69, 9.17) is 4.74 Å². The molecule has 2 aromatic carbocycles. The second-order valence-electron chi connectivity index (χ2n) is 7.47. The fourth-order valence-electron chi connectivity index (χ4n) is 3.44. The first-order chi connectivity index (χ1) is 14.9. The first-order valence-corrected chi connectivity index (χ1v) is 10.0. The number of aldehydes is 1. The molecule has 1 heterocycles. The van der Waals surface area contributed by atoms with E-state index in [2.05, 4.69) is 4.98 Å². The van der Waals surface area contributed by atoms with E-state index in [9.17, 15) is 9.59 Å². The summed E-state index contributed by atoms with van der Waals surface area (Å²) in [6.45, 7) is 2.46. The molecule has 0 aliphatic carbocycles. The van der Waals surface area contributed by atoms with Gasteiger partial charge in [-0.05, 0) is 67.1 Å². The Hall–Kier alpha value is -3.51. The van der Waals surface area contributed by atoms with Crippen molar-refractivity contribution in [1.82, 2.24) is 9.88 Å². The number of aromatic nitrogens is 1. The monoisotopic (exact) mass is 417 g/mol. The quantitative estimate of drug-likeness (QED) is 0.518. The Balaban J connectivity index is 1.81. The largest absolute Gasteiger partial charge is 0.497 e. The molecule has 6 nitrogen and oxygen atoms in total. The van der Waals surface area contributed by atoms with Crippen molar-refractivity contribution in [1.29, 1.82) is 0 Å². The lowest BCUT2D eigenvalue weighted by Gasteiger charge is -2.29. The lowest BCUT2D eigenvalue weighted by molar-refractivity contribution is -0.122. The molecule has 0 radical (unpaired) electrons. The lowest BCUT2D eigenvalue weighted by Crippen LogP contribution is -2.44. The van der Waals surface area contributed by atoms with Gasteiger partial charge in [-0.1, -0.05) is 18.2 Å². The fraction of sp³-hybridized carbons (Fsp3) is 0.240. The molecule has 0 spiro atoms. The van der Waals surface area contributed by atoms with Crippen molar-refractivity contribution >= 4 is 17.9 Å². The van der Waals surface area contributed by atoms with Gasteiger partial charge < -0.3 is 9.64 Å². The van der Waals surface area contributed by atoms with Crippen LogP contribution >= 0.6 is 0 Å². The van der Waals surface area contributed by atoms with Crippen LogP contribution in [0, 0.1) is 0 Å². The molecular formula is C25H27N3O3. The Labute approximate surface area is 183 Å². The molecule has 1 atom stereocenters. The van der Waals surface area contributed by atoms with Crippen LogP contribution in [0.3, 0.4) is 0 Å².